The summed E-state index contributed by atoms with van der Waals surface area (Å²) < 4.78 is 25.0. The number of hydrogen-bond donors (Lipinski definition) is 0. The van der Waals surface area contributed by atoms with Gasteiger partial charge in [0.2, 0.25) is 0 Å². The van der Waals surface area contributed by atoms with Crippen LogP contribution < -0.4 is 18.9 Å². The molecular weight excluding hydrogens is 685 g/mol. The minimum atomic E-state index is -0.527. The maximum Gasteiger partial charge on any atom is 0.343 e. The minimum absolute atomic E-state index is 0.265. The molecule has 6 nitrogen and oxygen atoms in total. The van der Waals surface area contributed by atoms with Crippen molar-refractivity contribution in [2.45, 2.75) is 66.4 Å². The molecular formula is C49H46O6. The van der Waals surface area contributed by atoms with Gasteiger partial charge in [-0.25, -0.2) is 9.59 Å². The molecule has 0 aromatic heterocycles. The summed E-state index contributed by atoms with van der Waals surface area (Å²) in [5, 5.41) is 0. The molecule has 0 saturated carbocycles. The van der Waals surface area contributed by atoms with Crippen LogP contribution >= 0.6 is 0 Å². The fourth-order valence-electron chi connectivity index (χ4n) is 6.98. The summed E-state index contributed by atoms with van der Waals surface area (Å²) in [6, 6.07) is 39.2. The van der Waals surface area contributed by atoms with Crippen molar-refractivity contribution in [2.24, 2.45) is 0 Å². The Kier molecular flexibility index (Phi) is 11.1. The van der Waals surface area contributed by atoms with Gasteiger partial charge in [-0.15, -0.1) is 0 Å². The van der Waals surface area contributed by atoms with Gasteiger partial charge in [-0.05, 0) is 127 Å². The monoisotopic (exact) mass is 730 g/mol. The number of fused-ring (bicyclic) bond motifs is 3. The van der Waals surface area contributed by atoms with Crippen molar-refractivity contribution in [2.75, 3.05) is 6.61 Å². The van der Waals surface area contributed by atoms with Crippen LogP contribution in [0, 0.1) is 13.8 Å². The van der Waals surface area contributed by atoms with E-state index in [0.717, 1.165) is 59.1 Å². The van der Waals surface area contributed by atoms with Crippen molar-refractivity contribution in [3.63, 3.8) is 0 Å². The van der Waals surface area contributed by atoms with E-state index in [-0.39, 0.29) is 24.2 Å². The first-order valence-corrected chi connectivity index (χ1v) is 19.1. The molecule has 1 atom stereocenters. The molecule has 0 radical (unpaired) electrons. The molecule has 0 spiro atoms. The van der Waals surface area contributed by atoms with Crippen LogP contribution in [0.4, 0.5) is 0 Å². The summed E-state index contributed by atoms with van der Waals surface area (Å²) >= 11 is 0. The van der Waals surface area contributed by atoms with Gasteiger partial charge in [0.05, 0.1) is 22.3 Å². The summed E-state index contributed by atoms with van der Waals surface area (Å²) in [4.78, 5) is 27.6. The van der Waals surface area contributed by atoms with E-state index in [0.29, 0.717) is 33.8 Å². The highest BCUT2D eigenvalue weighted by molar-refractivity contribution is 5.97. The number of esters is 2. The van der Waals surface area contributed by atoms with Crippen LogP contribution in [0.1, 0.15) is 76.6 Å². The lowest BCUT2D eigenvalue weighted by molar-refractivity contribution is 0.0720. The fraction of sp³-hybridized carbons (Fsp3) is 0.224. The van der Waals surface area contributed by atoms with Gasteiger partial charge >= 0.3 is 11.9 Å². The molecule has 0 N–H and O–H groups in total. The average molecular weight is 731 g/mol. The van der Waals surface area contributed by atoms with Crippen molar-refractivity contribution < 1.29 is 28.5 Å². The van der Waals surface area contributed by atoms with Gasteiger partial charge in [0.15, 0.2) is 0 Å². The van der Waals surface area contributed by atoms with Crippen LogP contribution in [0.5, 0.6) is 23.0 Å². The van der Waals surface area contributed by atoms with Gasteiger partial charge < -0.3 is 18.9 Å². The van der Waals surface area contributed by atoms with Gasteiger partial charge in [0, 0.05) is 0 Å². The van der Waals surface area contributed by atoms with Gasteiger partial charge in [-0.2, -0.15) is 0 Å². The Morgan fingerprint density at radius 1 is 0.564 bits per heavy atom. The first-order chi connectivity index (χ1) is 26.7. The molecule has 55 heavy (non-hydrogen) atoms. The zero-order valence-corrected chi connectivity index (χ0v) is 32.1. The van der Waals surface area contributed by atoms with Crippen LogP contribution in [0.15, 0.2) is 121 Å². The highest BCUT2D eigenvalue weighted by Crippen LogP contribution is 2.50. The van der Waals surface area contributed by atoms with Crippen molar-refractivity contribution in [1.29, 1.82) is 0 Å². The quantitative estimate of drug-likeness (QED) is 0.103. The smallest absolute Gasteiger partial charge is 0.343 e. The summed E-state index contributed by atoms with van der Waals surface area (Å²) in [6.45, 7) is 10.4. The average Bonchev–Trinajstić information content (AvgIpc) is 3.18. The van der Waals surface area contributed by atoms with Crippen molar-refractivity contribution in [1.82, 2.24) is 0 Å². The molecule has 7 rings (SSSR count). The molecule has 1 aliphatic heterocycles. The van der Waals surface area contributed by atoms with Gasteiger partial charge in [-0.1, -0.05) is 99.5 Å². The first kappa shape index (κ1) is 37.2. The second-order valence-electron chi connectivity index (χ2n) is 14.3. The van der Waals surface area contributed by atoms with Gasteiger partial charge in [0.25, 0.3) is 0 Å². The SMILES string of the molecule is CCCc1ccc(-c2ccc(C(=O)Oc3cc(C)cc4c3-c3c(OC(=O)c5ccc(-c6ccc(CCC)cc6)cc5)cc(C)cc3OC(C)CO4)cc2)cc1. The summed E-state index contributed by atoms with van der Waals surface area (Å²) in [5.74, 6) is 0.478. The molecule has 0 aliphatic carbocycles. The maximum absolute atomic E-state index is 13.8. The number of carbonyl (C=O) groups excluding carboxylic acids is 2. The molecule has 1 aliphatic rings. The van der Waals surface area contributed by atoms with E-state index in [1.165, 1.54) is 11.1 Å². The topological polar surface area (TPSA) is 71.1 Å². The number of hydrogen-bond acceptors (Lipinski definition) is 6. The van der Waals surface area contributed by atoms with Crippen molar-refractivity contribution in [3.8, 4) is 56.4 Å². The highest BCUT2D eigenvalue weighted by atomic mass is 16.6. The number of aryl methyl sites for hydroxylation is 4. The zero-order valence-electron chi connectivity index (χ0n) is 32.1. The number of benzene rings is 6. The summed E-state index contributed by atoms with van der Waals surface area (Å²) in [5.41, 5.74) is 10.2. The van der Waals surface area contributed by atoms with Crippen LogP contribution in [-0.2, 0) is 12.8 Å². The van der Waals surface area contributed by atoms with Crippen LogP contribution in [0.25, 0.3) is 33.4 Å². The first-order valence-electron chi connectivity index (χ1n) is 19.1. The summed E-state index contributed by atoms with van der Waals surface area (Å²) in [6.07, 6.45) is 3.97. The Hall–Kier alpha value is -6.14. The molecule has 0 saturated heterocycles. The Morgan fingerprint density at radius 3 is 1.36 bits per heavy atom. The second kappa shape index (κ2) is 16.5. The largest absolute Gasteiger partial charge is 0.489 e. The minimum Gasteiger partial charge on any atom is -0.489 e. The van der Waals surface area contributed by atoms with Crippen LogP contribution in [-0.4, -0.2) is 24.6 Å². The third-order valence-electron chi connectivity index (χ3n) is 9.77. The molecule has 0 fully saturated rings. The number of carbonyl (C=O) groups is 2. The van der Waals surface area contributed by atoms with E-state index in [9.17, 15) is 9.59 Å². The Labute approximate surface area is 323 Å². The predicted molar refractivity (Wildman–Crippen MR) is 219 cm³/mol. The lowest BCUT2D eigenvalue weighted by Crippen LogP contribution is -2.24. The highest BCUT2D eigenvalue weighted by Gasteiger charge is 2.29. The van der Waals surface area contributed by atoms with E-state index in [1.54, 1.807) is 36.4 Å². The van der Waals surface area contributed by atoms with E-state index in [4.69, 9.17) is 18.9 Å². The van der Waals surface area contributed by atoms with E-state index < -0.39 is 11.9 Å². The van der Waals surface area contributed by atoms with Crippen molar-refractivity contribution >= 4 is 11.9 Å². The van der Waals surface area contributed by atoms with Crippen LogP contribution in [0.2, 0.25) is 0 Å². The molecule has 6 heteroatoms. The molecule has 0 amide bonds. The Balaban J connectivity index is 1.20. The van der Waals surface area contributed by atoms with Crippen LogP contribution in [0.3, 0.4) is 0 Å². The van der Waals surface area contributed by atoms with E-state index in [2.05, 4.69) is 62.4 Å². The molecule has 6 aromatic rings. The standard InChI is InChI=1S/C49H46O6/c1-6-8-34-10-14-36(15-11-34)38-18-22-40(23-19-38)48(50)54-44-28-31(3)26-42-46(44)47-43(53-33(5)30-52-42)27-32(4)29-45(47)55-49(51)41-24-20-39(21-25-41)37-16-12-35(9-7-2)13-17-37/h10-29,33H,6-9,30H2,1-5H3. The lowest BCUT2D eigenvalue weighted by Gasteiger charge is -2.27. The Morgan fingerprint density at radius 2 is 0.945 bits per heavy atom. The summed E-state index contributed by atoms with van der Waals surface area (Å²) in [7, 11) is 0. The fourth-order valence-corrected chi connectivity index (χ4v) is 6.98. The second-order valence-corrected chi connectivity index (χ2v) is 14.3. The maximum atomic E-state index is 13.8. The van der Waals surface area contributed by atoms with E-state index >= 15 is 0 Å². The third-order valence-corrected chi connectivity index (χ3v) is 9.77. The lowest BCUT2D eigenvalue weighted by atomic mass is 9.97. The normalized spacial score (nSPS) is 13.3. The Bertz CT molecular complexity index is 2300. The number of ether oxygens (including phenoxy) is 4. The predicted octanol–water partition coefficient (Wildman–Crippen LogP) is 11.8. The van der Waals surface area contributed by atoms with E-state index in [1.807, 2.05) is 57.2 Å². The molecule has 278 valence electrons. The third kappa shape index (κ3) is 8.49. The van der Waals surface area contributed by atoms with Crippen molar-refractivity contribution in [3.05, 3.63) is 155 Å². The zero-order chi connectivity index (χ0) is 38.5. The van der Waals surface area contributed by atoms with Gasteiger partial charge in [-0.3, -0.25) is 0 Å². The number of rotatable bonds is 10. The molecule has 0 bridgehead atoms. The molecule has 6 aromatic carbocycles. The molecule has 1 unspecified atom stereocenters. The molecule has 1 heterocycles. The van der Waals surface area contributed by atoms with Gasteiger partial charge in [0.1, 0.15) is 35.7 Å².